The molecule has 0 atom stereocenters. The average Bonchev–Trinajstić information content (AvgIpc) is 2.16. The number of nitrogens with zero attached hydrogens (tertiary/aromatic N) is 1. The van der Waals surface area contributed by atoms with Gasteiger partial charge < -0.3 is 19.7 Å². The predicted octanol–water partition coefficient (Wildman–Crippen LogP) is -0.563. The summed E-state index contributed by atoms with van der Waals surface area (Å²) in [6, 6.07) is 5.20. The van der Waals surface area contributed by atoms with E-state index in [2.05, 4.69) is 0 Å². The lowest BCUT2D eigenvalue weighted by molar-refractivity contribution is 0.393. The zero-order valence-electron chi connectivity index (χ0n) is 9.27. The lowest BCUT2D eigenvalue weighted by Crippen LogP contribution is -2.34. The van der Waals surface area contributed by atoms with E-state index in [0.29, 0.717) is 12.0 Å². The Balaban J connectivity index is 3.05. The van der Waals surface area contributed by atoms with E-state index in [4.69, 9.17) is 4.74 Å². The maximum absolute atomic E-state index is 9.18. The molecule has 0 aliphatic heterocycles. The van der Waals surface area contributed by atoms with Gasteiger partial charge in [-0.15, -0.1) is 0 Å². The molecule has 1 aromatic carbocycles. The Kier molecular flexibility index (Phi) is 4.14. The molecule has 2 N–H and O–H groups in total. The molecule has 15 heavy (non-hydrogen) atoms. The molecule has 1 rings (SSSR count). The molecule has 0 heterocycles. The first-order valence-electron chi connectivity index (χ1n) is 4.72. The molecule has 0 bridgehead atoms. The standard InChI is InChI=1S/C10H16BNO3/c1-12(2)7-8-6-9(15-3)4-5-10(8)11(13)14/h4-6,13-14H,7H2,1-3H3. The topological polar surface area (TPSA) is 52.9 Å². The van der Waals surface area contributed by atoms with Gasteiger partial charge in [-0.05, 0) is 37.3 Å². The number of ether oxygens (including phenoxy) is 1. The van der Waals surface area contributed by atoms with Gasteiger partial charge in [0, 0.05) is 6.54 Å². The molecule has 1 aromatic rings. The Morgan fingerprint density at radius 2 is 2.00 bits per heavy atom. The van der Waals surface area contributed by atoms with E-state index in [1.165, 1.54) is 0 Å². The molecule has 0 saturated carbocycles. The van der Waals surface area contributed by atoms with Crippen LogP contribution in [0.4, 0.5) is 0 Å². The van der Waals surface area contributed by atoms with Gasteiger partial charge in [0.1, 0.15) is 5.75 Å². The first-order chi connectivity index (χ1) is 7.04. The second-order valence-electron chi connectivity index (χ2n) is 3.68. The minimum atomic E-state index is -1.44. The molecule has 82 valence electrons. The summed E-state index contributed by atoms with van der Waals surface area (Å²) in [4.78, 5) is 1.96. The summed E-state index contributed by atoms with van der Waals surface area (Å²) >= 11 is 0. The zero-order valence-corrected chi connectivity index (χ0v) is 9.27. The maximum atomic E-state index is 9.18. The van der Waals surface area contributed by atoms with Crippen molar-refractivity contribution in [2.75, 3.05) is 21.2 Å². The normalized spacial score (nSPS) is 10.5. The highest BCUT2D eigenvalue weighted by atomic mass is 16.5. The van der Waals surface area contributed by atoms with Crippen molar-refractivity contribution in [2.24, 2.45) is 0 Å². The smallest absolute Gasteiger partial charge is 0.488 e. The predicted molar refractivity (Wildman–Crippen MR) is 60.2 cm³/mol. The Morgan fingerprint density at radius 3 is 2.47 bits per heavy atom. The molecule has 4 nitrogen and oxygen atoms in total. The van der Waals surface area contributed by atoms with Gasteiger partial charge in [-0.1, -0.05) is 6.07 Å². The second kappa shape index (κ2) is 5.16. The van der Waals surface area contributed by atoms with Crippen LogP contribution in [0.3, 0.4) is 0 Å². The highest BCUT2D eigenvalue weighted by Crippen LogP contribution is 2.12. The molecule has 0 saturated heterocycles. The third-order valence-electron chi connectivity index (χ3n) is 2.11. The quantitative estimate of drug-likeness (QED) is 0.652. The molecule has 0 unspecified atom stereocenters. The first kappa shape index (κ1) is 12.0. The number of rotatable bonds is 4. The Bertz CT molecular complexity index is 328. The van der Waals surface area contributed by atoms with Crippen molar-refractivity contribution >= 4 is 12.6 Å². The van der Waals surface area contributed by atoms with Crippen LogP contribution >= 0.6 is 0 Å². The van der Waals surface area contributed by atoms with Crippen molar-refractivity contribution in [1.29, 1.82) is 0 Å². The van der Waals surface area contributed by atoms with Gasteiger partial charge in [0.25, 0.3) is 0 Å². The second-order valence-corrected chi connectivity index (χ2v) is 3.68. The monoisotopic (exact) mass is 209 g/mol. The van der Waals surface area contributed by atoms with Gasteiger partial charge in [-0.3, -0.25) is 0 Å². The van der Waals surface area contributed by atoms with Crippen molar-refractivity contribution in [3.05, 3.63) is 23.8 Å². The van der Waals surface area contributed by atoms with Gasteiger partial charge in [0.15, 0.2) is 0 Å². The molecule has 0 aliphatic carbocycles. The molecular formula is C10H16BNO3. The van der Waals surface area contributed by atoms with Crippen LogP contribution in [0.1, 0.15) is 5.56 Å². The molecule has 0 fully saturated rings. The van der Waals surface area contributed by atoms with Crippen LogP contribution in [0, 0.1) is 0 Å². The van der Waals surface area contributed by atoms with Gasteiger partial charge in [-0.2, -0.15) is 0 Å². The number of benzene rings is 1. The summed E-state index contributed by atoms with van der Waals surface area (Å²) in [5.74, 6) is 0.719. The van der Waals surface area contributed by atoms with Crippen LogP contribution in [-0.4, -0.2) is 43.3 Å². The summed E-state index contributed by atoms with van der Waals surface area (Å²) in [6.45, 7) is 0.643. The van der Waals surface area contributed by atoms with E-state index in [9.17, 15) is 10.0 Å². The molecule has 0 aromatic heterocycles. The Labute approximate surface area is 90.2 Å². The fourth-order valence-corrected chi connectivity index (χ4v) is 1.44. The van der Waals surface area contributed by atoms with E-state index >= 15 is 0 Å². The van der Waals surface area contributed by atoms with Crippen molar-refractivity contribution < 1.29 is 14.8 Å². The Hall–Kier alpha value is -1.04. The Morgan fingerprint density at radius 1 is 1.33 bits per heavy atom. The van der Waals surface area contributed by atoms with E-state index in [1.54, 1.807) is 19.2 Å². The van der Waals surface area contributed by atoms with Crippen molar-refractivity contribution in [3.63, 3.8) is 0 Å². The SMILES string of the molecule is COc1ccc(B(O)O)c(CN(C)C)c1. The number of hydrogen-bond donors (Lipinski definition) is 2. The van der Waals surface area contributed by atoms with Gasteiger partial charge in [0.05, 0.1) is 7.11 Å². The minimum absolute atomic E-state index is 0.518. The fraction of sp³-hybridized carbons (Fsp3) is 0.400. The highest BCUT2D eigenvalue weighted by molar-refractivity contribution is 6.59. The largest absolute Gasteiger partial charge is 0.497 e. The molecule has 0 amide bonds. The van der Waals surface area contributed by atoms with Crippen LogP contribution in [0.15, 0.2) is 18.2 Å². The summed E-state index contributed by atoms with van der Waals surface area (Å²) in [5, 5.41) is 18.4. The number of methoxy groups -OCH3 is 1. The lowest BCUT2D eigenvalue weighted by atomic mass is 9.77. The van der Waals surface area contributed by atoms with Gasteiger partial charge >= 0.3 is 7.12 Å². The van der Waals surface area contributed by atoms with Crippen LogP contribution in [0.5, 0.6) is 5.75 Å². The summed E-state index contributed by atoms with van der Waals surface area (Å²) in [5.41, 5.74) is 1.37. The molecular weight excluding hydrogens is 193 g/mol. The number of hydrogen-bond acceptors (Lipinski definition) is 4. The lowest BCUT2D eigenvalue weighted by Gasteiger charge is -2.15. The van der Waals surface area contributed by atoms with E-state index in [1.807, 2.05) is 25.1 Å². The van der Waals surface area contributed by atoms with E-state index in [0.717, 1.165) is 11.3 Å². The fourth-order valence-electron chi connectivity index (χ4n) is 1.44. The van der Waals surface area contributed by atoms with Gasteiger partial charge in [-0.25, -0.2) is 0 Å². The van der Waals surface area contributed by atoms with Crippen molar-refractivity contribution in [3.8, 4) is 5.75 Å². The molecule has 5 heteroatoms. The third-order valence-corrected chi connectivity index (χ3v) is 2.11. The first-order valence-corrected chi connectivity index (χ1v) is 4.72. The van der Waals surface area contributed by atoms with Gasteiger partial charge in [0.2, 0.25) is 0 Å². The van der Waals surface area contributed by atoms with E-state index in [-0.39, 0.29) is 0 Å². The molecule has 0 radical (unpaired) electrons. The third kappa shape index (κ3) is 3.23. The molecule has 0 aliphatic rings. The van der Waals surface area contributed by atoms with Crippen molar-refractivity contribution in [2.45, 2.75) is 6.54 Å². The average molecular weight is 209 g/mol. The summed E-state index contributed by atoms with van der Waals surface area (Å²) in [6.07, 6.45) is 0. The van der Waals surface area contributed by atoms with Crippen LogP contribution in [0.25, 0.3) is 0 Å². The van der Waals surface area contributed by atoms with Crippen molar-refractivity contribution in [1.82, 2.24) is 4.90 Å². The summed E-state index contributed by atoms with van der Waals surface area (Å²) in [7, 11) is 4.00. The zero-order chi connectivity index (χ0) is 11.4. The molecule has 0 spiro atoms. The van der Waals surface area contributed by atoms with Crippen LogP contribution in [-0.2, 0) is 6.54 Å². The minimum Gasteiger partial charge on any atom is -0.497 e. The van der Waals surface area contributed by atoms with Crippen LogP contribution < -0.4 is 10.2 Å². The maximum Gasteiger partial charge on any atom is 0.488 e. The summed E-state index contributed by atoms with van der Waals surface area (Å²) < 4.78 is 5.09. The van der Waals surface area contributed by atoms with Crippen LogP contribution in [0.2, 0.25) is 0 Å². The highest BCUT2D eigenvalue weighted by Gasteiger charge is 2.16. The van der Waals surface area contributed by atoms with E-state index < -0.39 is 7.12 Å².